The van der Waals surface area contributed by atoms with Crippen molar-refractivity contribution in [3.8, 4) is 0 Å². The van der Waals surface area contributed by atoms with Gasteiger partial charge in [0.05, 0.1) is 0 Å². The van der Waals surface area contributed by atoms with Gasteiger partial charge in [0, 0.05) is 22.5 Å². The molecule has 0 radical (unpaired) electrons. The first-order valence-electron chi connectivity index (χ1n) is 3.99. The fraction of sp³-hybridized carbons (Fsp3) is 0.333. The van der Waals surface area contributed by atoms with Crippen molar-refractivity contribution in [1.82, 2.24) is 0 Å². The number of hydrogen-bond donors (Lipinski definition) is 1. The van der Waals surface area contributed by atoms with Crippen LogP contribution >= 0.6 is 15.9 Å². The number of alkyl halides is 2. The molecule has 78 valence electrons. The van der Waals surface area contributed by atoms with Crippen molar-refractivity contribution in [2.24, 2.45) is 5.73 Å². The Labute approximate surface area is 88.2 Å². The first kappa shape index (κ1) is 11.5. The Hall–Kier alpha value is -0.550. The van der Waals surface area contributed by atoms with Crippen LogP contribution in [0, 0.1) is 5.82 Å². The van der Waals surface area contributed by atoms with Gasteiger partial charge in [-0.15, -0.1) is 0 Å². The van der Waals surface area contributed by atoms with Crippen LogP contribution in [0.4, 0.5) is 13.2 Å². The Morgan fingerprint density at radius 2 is 2.00 bits per heavy atom. The molecule has 0 fully saturated rings. The van der Waals surface area contributed by atoms with Crippen LogP contribution in [-0.2, 0) is 0 Å². The van der Waals surface area contributed by atoms with E-state index in [2.05, 4.69) is 15.9 Å². The summed E-state index contributed by atoms with van der Waals surface area (Å²) in [5, 5.41) is 0. The maximum atomic E-state index is 13.2. The molecule has 0 aliphatic carbocycles. The lowest BCUT2D eigenvalue weighted by Crippen LogP contribution is -2.15. The van der Waals surface area contributed by atoms with Crippen molar-refractivity contribution in [3.05, 3.63) is 34.1 Å². The molecule has 1 aromatic rings. The summed E-state index contributed by atoms with van der Waals surface area (Å²) in [5.74, 6) is -0.562. The molecule has 0 amide bonds. The molecule has 0 aliphatic rings. The molecule has 14 heavy (non-hydrogen) atoms. The van der Waals surface area contributed by atoms with E-state index in [-0.39, 0.29) is 5.56 Å². The monoisotopic (exact) mass is 267 g/mol. The van der Waals surface area contributed by atoms with E-state index >= 15 is 0 Å². The zero-order chi connectivity index (χ0) is 10.7. The first-order chi connectivity index (χ1) is 6.50. The third-order valence-corrected chi connectivity index (χ3v) is 2.29. The molecule has 1 nitrogen and oxygen atoms in total. The molecular formula is C9H9BrF3N. The normalized spacial score (nSPS) is 13.3. The van der Waals surface area contributed by atoms with E-state index in [1.54, 1.807) is 6.07 Å². The second-order valence-electron chi connectivity index (χ2n) is 2.90. The summed E-state index contributed by atoms with van der Waals surface area (Å²) >= 11 is 3.07. The SMILES string of the molecule is N[C@@H](CC(F)F)c1ccc(Br)cc1F. The molecule has 0 saturated carbocycles. The summed E-state index contributed by atoms with van der Waals surface area (Å²) in [6.45, 7) is 0. The van der Waals surface area contributed by atoms with Gasteiger partial charge in [0.25, 0.3) is 0 Å². The van der Waals surface area contributed by atoms with Gasteiger partial charge in [-0.1, -0.05) is 22.0 Å². The fourth-order valence-corrected chi connectivity index (χ4v) is 1.45. The highest BCUT2D eigenvalue weighted by Gasteiger charge is 2.16. The first-order valence-corrected chi connectivity index (χ1v) is 4.78. The Morgan fingerprint density at radius 1 is 1.36 bits per heavy atom. The van der Waals surface area contributed by atoms with E-state index < -0.39 is 24.7 Å². The average Bonchev–Trinajstić information content (AvgIpc) is 2.01. The van der Waals surface area contributed by atoms with Gasteiger partial charge in [-0.25, -0.2) is 13.2 Å². The molecule has 0 spiro atoms. The van der Waals surface area contributed by atoms with Crippen LogP contribution in [0.5, 0.6) is 0 Å². The van der Waals surface area contributed by atoms with Crippen LogP contribution in [0.1, 0.15) is 18.0 Å². The van der Waals surface area contributed by atoms with E-state index in [1.165, 1.54) is 12.1 Å². The number of hydrogen-bond acceptors (Lipinski definition) is 1. The summed E-state index contributed by atoms with van der Waals surface area (Å²) in [4.78, 5) is 0. The summed E-state index contributed by atoms with van der Waals surface area (Å²) in [5.41, 5.74) is 5.53. The van der Waals surface area contributed by atoms with Gasteiger partial charge in [-0.2, -0.15) is 0 Å². The van der Waals surface area contributed by atoms with Gasteiger partial charge in [-0.05, 0) is 12.1 Å². The summed E-state index contributed by atoms with van der Waals surface area (Å²) in [6.07, 6.45) is -3.05. The molecule has 0 unspecified atom stereocenters. The topological polar surface area (TPSA) is 26.0 Å². The fourth-order valence-electron chi connectivity index (χ4n) is 1.12. The Morgan fingerprint density at radius 3 is 2.50 bits per heavy atom. The highest BCUT2D eigenvalue weighted by atomic mass is 79.9. The lowest BCUT2D eigenvalue weighted by Gasteiger charge is -2.12. The number of nitrogens with two attached hydrogens (primary N) is 1. The third kappa shape index (κ3) is 2.99. The molecule has 2 N–H and O–H groups in total. The number of halogens is 4. The zero-order valence-corrected chi connectivity index (χ0v) is 8.77. The van der Waals surface area contributed by atoms with Gasteiger partial charge in [0.15, 0.2) is 0 Å². The van der Waals surface area contributed by atoms with Crippen LogP contribution in [0.15, 0.2) is 22.7 Å². The van der Waals surface area contributed by atoms with E-state index in [9.17, 15) is 13.2 Å². The van der Waals surface area contributed by atoms with Crippen molar-refractivity contribution in [2.75, 3.05) is 0 Å². The van der Waals surface area contributed by atoms with Gasteiger partial charge in [0.2, 0.25) is 6.43 Å². The number of benzene rings is 1. The van der Waals surface area contributed by atoms with Crippen LogP contribution in [0.25, 0.3) is 0 Å². The van der Waals surface area contributed by atoms with Crippen LogP contribution in [0.3, 0.4) is 0 Å². The van der Waals surface area contributed by atoms with Crippen molar-refractivity contribution in [2.45, 2.75) is 18.9 Å². The predicted molar refractivity (Wildman–Crippen MR) is 51.6 cm³/mol. The number of rotatable bonds is 3. The van der Waals surface area contributed by atoms with E-state index in [0.29, 0.717) is 4.47 Å². The molecule has 1 atom stereocenters. The second kappa shape index (κ2) is 4.79. The third-order valence-electron chi connectivity index (χ3n) is 1.79. The highest BCUT2D eigenvalue weighted by molar-refractivity contribution is 9.10. The molecule has 0 aliphatic heterocycles. The largest absolute Gasteiger partial charge is 0.324 e. The molecule has 0 bridgehead atoms. The molecule has 1 aromatic carbocycles. The minimum atomic E-state index is -2.52. The van der Waals surface area contributed by atoms with Crippen molar-refractivity contribution < 1.29 is 13.2 Å². The van der Waals surface area contributed by atoms with E-state index in [0.717, 1.165) is 0 Å². The van der Waals surface area contributed by atoms with Gasteiger partial charge >= 0.3 is 0 Å². The Kier molecular flexibility index (Phi) is 3.95. The highest BCUT2D eigenvalue weighted by Crippen LogP contribution is 2.23. The van der Waals surface area contributed by atoms with E-state index in [1.807, 2.05) is 0 Å². The van der Waals surface area contributed by atoms with Crippen LogP contribution in [0.2, 0.25) is 0 Å². The van der Waals surface area contributed by atoms with Crippen molar-refractivity contribution >= 4 is 15.9 Å². The predicted octanol–water partition coefficient (Wildman–Crippen LogP) is 3.24. The standard InChI is InChI=1S/C9H9BrF3N/c10-5-1-2-6(7(11)3-5)8(14)4-9(12)13/h1-3,8-9H,4,14H2/t8-/m0/s1. The van der Waals surface area contributed by atoms with Crippen LogP contribution < -0.4 is 5.73 Å². The van der Waals surface area contributed by atoms with Crippen molar-refractivity contribution in [3.63, 3.8) is 0 Å². The lowest BCUT2D eigenvalue weighted by molar-refractivity contribution is 0.128. The molecule has 0 heterocycles. The maximum Gasteiger partial charge on any atom is 0.240 e. The van der Waals surface area contributed by atoms with Gasteiger partial charge < -0.3 is 5.73 Å². The van der Waals surface area contributed by atoms with Crippen molar-refractivity contribution in [1.29, 1.82) is 0 Å². The molecule has 1 rings (SSSR count). The average molecular weight is 268 g/mol. The van der Waals surface area contributed by atoms with E-state index in [4.69, 9.17) is 5.73 Å². The zero-order valence-electron chi connectivity index (χ0n) is 7.18. The molecule has 0 aromatic heterocycles. The molecular weight excluding hydrogens is 259 g/mol. The van der Waals surface area contributed by atoms with Crippen LogP contribution in [-0.4, -0.2) is 6.43 Å². The summed E-state index contributed by atoms with van der Waals surface area (Å²) in [7, 11) is 0. The smallest absolute Gasteiger partial charge is 0.240 e. The van der Waals surface area contributed by atoms with Gasteiger partial charge in [-0.3, -0.25) is 0 Å². The second-order valence-corrected chi connectivity index (χ2v) is 3.81. The Balaban J connectivity index is 2.84. The summed E-state index contributed by atoms with van der Waals surface area (Å²) < 4.78 is 37.7. The quantitative estimate of drug-likeness (QED) is 0.894. The Bertz CT molecular complexity index is 317. The molecule has 5 heteroatoms. The molecule has 0 saturated heterocycles. The minimum Gasteiger partial charge on any atom is -0.324 e. The van der Waals surface area contributed by atoms with Gasteiger partial charge in [0.1, 0.15) is 5.82 Å². The maximum absolute atomic E-state index is 13.2. The lowest BCUT2D eigenvalue weighted by atomic mass is 10.0. The summed E-state index contributed by atoms with van der Waals surface area (Å²) in [6, 6.07) is 3.24. The minimum absolute atomic E-state index is 0.119.